The van der Waals surface area contributed by atoms with Crippen LogP contribution in [0.25, 0.3) is 0 Å². The molecule has 0 saturated heterocycles. The molecule has 0 radical (unpaired) electrons. The van der Waals surface area contributed by atoms with Crippen LogP contribution in [0.4, 0.5) is 0 Å². The number of hydrogen-bond acceptors (Lipinski definition) is 5. The van der Waals surface area contributed by atoms with Crippen LogP contribution in [0.5, 0.6) is 0 Å². The third-order valence-electron chi connectivity index (χ3n) is 9.68. The number of carbonyl (C=O) groups excluding carboxylic acids is 2. The Morgan fingerprint density at radius 1 is 0.423 bits per heavy atom. The van der Waals surface area contributed by atoms with Gasteiger partial charge in [0, 0.05) is 19.4 Å². The van der Waals surface area contributed by atoms with E-state index in [0.717, 1.165) is 64.2 Å². The predicted octanol–water partition coefficient (Wildman–Crippen LogP) is 14.7. The molecule has 0 aromatic rings. The molecule has 52 heavy (non-hydrogen) atoms. The second-order valence-electron chi connectivity index (χ2n) is 15.0. The molecule has 0 saturated carbocycles. The van der Waals surface area contributed by atoms with E-state index in [-0.39, 0.29) is 25.2 Å². The quantitative estimate of drug-likeness (QED) is 0.0356. The van der Waals surface area contributed by atoms with Crippen molar-refractivity contribution in [3.8, 4) is 0 Å². The van der Waals surface area contributed by atoms with E-state index in [1.54, 1.807) is 0 Å². The molecule has 0 bridgehead atoms. The van der Waals surface area contributed by atoms with Gasteiger partial charge in [-0.05, 0) is 57.8 Å². The third kappa shape index (κ3) is 40.9. The fourth-order valence-corrected chi connectivity index (χ4v) is 6.28. The molecule has 1 unspecified atom stereocenters. The van der Waals surface area contributed by atoms with E-state index in [1.807, 2.05) is 0 Å². The Kier molecular flexibility index (Phi) is 42.0. The zero-order valence-electron chi connectivity index (χ0n) is 34.8. The van der Waals surface area contributed by atoms with Crippen LogP contribution in [0.15, 0.2) is 36.5 Å². The first-order valence-corrected chi connectivity index (χ1v) is 22.5. The molecule has 0 aromatic heterocycles. The summed E-state index contributed by atoms with van der Waals surface area (Å²) in [5.41, 5.74) is 0. The van der Waals surface area contributed by atoms with Crippen molar-refractivity contribution in [1.29, 1.82) is 0 Å². The third-order valence-corrected chi connectivity index (χ3v) is 9.68. The van der Waals surface area contributed by atoms with Crippen LogP contribution in [-0.4, -0.2) is 37.9 Å². The first kappa shape index (κ1) is 50.1. The van der Waals surface area contributed by atoms with Crippen LogP contribution < -0.4 is 0 Å². The molecule has 5 nitrogen and oxygen atoms in total. The van der Waals surface area contributed by atoms with Gasteiger partial charge < -0.3 is 14.2 Å². The molecule has 0 aromatic carbocycles. The Hall–Kier alpha value is -1.88. The van der Waals surface area contributed by atoms with Crippen molar-refractivity contribution in [2.75, 3.05) is 19.8 Å². The SMILES string of the molecule is CCCCC/C=C\C/C=C\C/C=C\CCCCCCCCC(=O)OCC(COCCCCCCCCCC)OC(=O)CCCCCCCCCCC. The van der Waals surface area contributed by atoms with Crippen LogP contribution in [-0.2, 0) is 23.8 Å². The van der Waals surface area contributed by atoms with Gasteiger partial charge in [0.05, 0.1) is 6.61 Å². The number of rotatable bonds is 41. The maximum atomic E-state index is 12.6. The fraction of sp³-hybridized carbons (Fsp3) is 0.830. The van der Waals surface area contributed by atoms with Crippen molar-refractivity contribution in [3.05, 3.63) is 36.5 Å². The summed E-state index contributed by atoms with van der Waals surface area (Å²) in [5, 5.41) is 0. The number of unbranched alkanes of at least 4 members (excludes halogenated alkanes) is 24. The molecule has 0 amide bonds. The lowest BCUT2D eigenvalue weighted by molar-refractivity contribution is -0.163. The minimum absolute atomic E-state index is 0.0826. The van der Waals surface area contributed by atoms with Crippen LogP contribution in [0.1, 0.15) is 226 Å². The van der Waals surface area contributed by atoms with Crippen LogP contribution in [0, 0.1) is 0 Å². The zero-order chi connectivity index (χ0) is 37.8. The van der Waals surface area contributed by atoms with Crippen molar-refractivity contribution in [2.24, 2.45) is 0 Å². The Morgan fingerprint density at radius 3 is 1.33 bits per heavy atom. The highest BCUT2D eigenvalue weighted by Gasteiger charge is 2.17. The summed E-state index contributed by atoms with van der Waals surface area (Å²) in [6, 6.07) is 0. The van der Waals surface area contributed by atoms with Gasteiger partial charge in [-0.25, -0.2) is 0 Å². The highest BCUT2D eigenvalue weighted by Crippen LogP contribution is 2.13. The molecule has 0 aliphatic rings. The van der Waals surface area contributed by atoms with E-state index in [9.17, 15) is 9.59 Å². The van der Waals surface area contributed by atoms with Crippen molar-refractivity contribution in [1.82, 2.24) is 0 Å². The predicted molar refractivity (Wildman–Crippen MR) is 224 cm³/mol. The number of esters is 2. The molecular formula is C47H86O5. The van der Waals surface area contributed by atoms with Crippen LogP contribution >= 0.6 is 0 Å². The highest BCUT2D eigenvalue weighted by atomic mass is 16.6. The number of carbonyl (C=O) groups is 2. The molecule has 1 atom stereocenters. The normalized spacial score (nSPS) is 12.4. The lowest BCUT2D eigenvalue weighted by atomic mass is 10.1. The summed E-state index contributed by atoms with van der Waals surface area (Å²) in [6.45, 7) is 7.77. The Bertz CT molecular complexity index is 832. The van der Waals surface area contributed by atoms with Crippen molar-refractivity contribution in [3.63, 3.8) is 0 Å². The summed E-state index contributed by atoms with van der Waals surface area (Å²) in [5.74, 6) is -0.409. The fourth-order valence-electron chi connectivity index (χ4n) is 6.28. The maximum absolute atomic E-state index is 12.6. The van der Waals surface area contributed by atoms with Gasteiger partial charge in [0.1, 0.15) is 6.61 Å². The molecule has 0 aliphatic carbocycles. The first-order valence-electron chi connectivity index (χ1n) is 22.5. The molecule has 0 N–H and O–H groups in total. The largest absolute Gasteiger partial charge is 0.462 e. The minimum Gasteiger partial charge on any atom is -0.462 e. The Balaban J connectivity index is 4.13. The second kappa shape index (κ2) is 43.5. The minimum atomic E-state index is -0.531. The van der Waals surface area contributed by atoms with Gasteiger partial charge in [-0.1, -0.05) is 192 Å². The van der Waals surface area contributed by atoms with Crippen molar-refractivity contribution < 1.29 is 23.8 Å². The summed E-state index contributed by atoms with van der Waals surface area (Å²) in [4.78, 5) is 25.1. The van der Waals surface area contributed by atoms with Gasteiger partial charge in [-0.2, -0.15) is 0 Å². The Morgan fingerprint density at radius 2 is 0.808 bits per heavy atom. The summed E-state index contributed by atoms with van der Waals surface area (Å²) >= 11 is 0. The topological polar surface area (TPSA) is 61.8 Å². The molecule has 0 rings (SSSR count). The van der Waals surface area contributed by atoms with Gasteiger partial charge in [-0.3, -0.25) is 9.59 Å². The molecular weight excluding hydrogens is 645 g/mol. The van der Waals surface area contributed by atoms with Gasteiger partial charge in [-0.15, -0.1) is 0 Å². The van der Waals surface area contributed by atoms with Crippen LogP contribution in [0.2, 0.25) is 0 Å². The second-order valence-corrected chi connectivity index (χ2v) is 15.0. The molecule has 304 valence electrons. The standard InChI is InChI=1S/C47H86O5/c1-4-7-10-13-16-19-20-21-22-23-24-25-26-27-28-30-31-34-37-40-46(48)51-44-45(43-50-42-39-36-33-18-15-12-9-6-3)52-47(49)41-38-35-32-29-17-14-11-8-5-2/h16,19,21-22,24-25,45H,4-15,17-18,20,23,26-44H2,1-3H3/b19-16-,22-21-,25-24-. The average molecular weight is 731 g/mol. The highest BCUT2D eigenvalue weighted by molar-refractivity contribution is 5.70. The monoisotopic (exact) mass is 731 g/mol. The molecule has 0 fully saturated rings. The van der Waals surface area contributed by atoms with E-state index >= 15 is 0 Å². The van der Waals surface area contributed by atoms with Crippen molar-refractivity contribution >= 4 is 11.9 Å². The van der Waals surface area contributed by atoms with Crippen molar-refractivity contribution in [2.45, 2.75) is 232 Å². The number of hydrogen-bond donors (Lipinski definition) is 0. The van der Waals surface area contributed by atoms with Gasteiger partial charge in [0.2, 0.25) is 0 Å². The number of allylic oxidation sites excluding steroid dienone is 6. The molecule has 0 spiro atoms. The van der Waals surface area contributed by atoms with E-state index in [1.165, 1.54) is 128 Å². The van der Waals surface area contributed by atoms with Gasteiger partial charge in [0.15, 0.2) is 6.10 Å². The summed E-state index contributed by atoms with van der Waals surface area (Å²) in [6.07, 6.45) is 50.0. The van der Waals surface area contributed by atoms with Gasteiger partial charge >= 0.3 is 11.9 Å². The van der Waals surface area contributed by atoms with Crippen LogP contribution in [0.3, 0.4) is 0 Å². The summed E-state index contributed by atoms with van der Waals surface area (Å²) < 4.78 is 17.2. The molecule has 5 heteroatoms. The lowest BCUT2D eigenvalue weighted by Gasteiger charge is -2.18. The summed E-state index contributed by atoms with van der Waals surface area (Å²) in [7, 11) is 0. The van der Waals surface area contributed by atoms with Gasteiger partial charge in [0.25, 0.3) is 0 Å². The average Bonchev–Trinajstić information content (AvgIpc) is 3.14. The van der Waals surface area contributed by atoms with E-state index in [0.29, 0.717) is 19.4 Å². The Labute approximate surface area is 323 Å². The van der Waals surface area contributed by atoms with E-state index in [4.69, 9.17) is 14.2 Å². The van der Waals surface area contributed by atoms with E-state index < -0.39 is 6.10 Å². The van der Waals surface area contributed by atoms with E-state index in [2.05, 4.69) is 57.2 Å². The molecule has 0 heterocycles. The number of ether oxygens (including phenoxy) is 3. The first-order chi connectivity index (χ1) is 25.6. The maximum Gasteiger partial charge on any atom is 0.306 e. The lowest BCUT2D eigenvalue weighted by Crippen LogP contribution is -2.30. The zero-order valence-corrected chi connectivity index (χ0v) is 34.8. The smallest absolute Gasteiger partial charge is 0.306 e. The molecule has 0 aliphatic heterocycles.